The second-order valence-corrected chi connectivity index (χ2v) is 3.64. The SMILES string of the molecule is CNCCC#Cc1ccc(C(=O)OC)cc1[N+](=O)[O-]. The van der Waals surface area contributed by atoms with E-state index in [4.69, 9.17) is 0 Å². The molecule has 1 rings (SSSR count). The van der Waals surface area contributed by atoms with Crippen LogP contribution in [0, 0.1) is 22.0 Å². The average molecular weight is 262 g/mol. The van der Waals surface area contributed by atoms with Gasteiger partial charge in [-0.1, -0.05) is 11.8 Å². The smallest absolute Gasteiger partial charge is 0.338 e. The molecule has 0 unspecified atom stereocenters. The molecule has 0 heterocycles. The van der Waals surface area contributed by atoms with Crippen molar-refractivity contribution in [3.05, 3.63) is 39.4 Å². The lowest BCUT2D eigenvalue weighted by Crippen LogP contribution is -2.06. The summed E-state index contributed by atoms with van der Waals surface area (Å²) in [6.07, 6.45) is 0.590. The van der Waals surface area contributed by atoms with Crippen LogP contribution in [0.5, 0.6) is 0 Å². The van der Waals surface area contributed by atoms with Crippen molar-refractivity contribution in [3.8, 4) is 11.8 Å². The number of nitro groups is 1. The van der Waals surface area contributed by atoms with Gasteiger partial charge in [0, 0.05) is 19.0 Å². The number of hydrogen-bond acceptors (Lipinski definition) is 5. The van der Waals surface area contributed by atoms with E-state index in [1.165, 1.54) is 25.3 Å². The van der Waals surface area contributed by atoms with Gasteiger partial charge in [-0.3, -0.25) is 10.1 Å². The minimum absolute atomic E-state index is 0.134. The van der Waals surface area contributed by atoms with Gasteiger partial charge < -0.3 is 10.1 Å². The number of benzene rings is 1. The van der Waals surface area contributed by atoms with E-state index in [1.54, 1.807) is 7.05 Å². The highest BCUT2D eigenvalue weighted by molar-refractivity contribution is 5.90. The molecule has 0 amide bonds. The van der Waals surface area contributed by atoms with Crippen molar-refractivity contribution >= 4 is 11.7 Å². The number of methoxy groups -OCH3 is 1. The van der Waals surface area contributed by atoms with Gasteiger partial charge in [-0.15, -0.1) is 0 Å². The van der Waals surface area contributed by atoms with Crippen LogP contribution in [0.1, 0.15) is 22.3 Å². The van der Waals surface area contributed by atoms with E-state index in [0.717, 1.165) is 0 Å². The van der Waals surface area contributed by atoms with Crippen LogP contribution in [0.3, 0.4) is 0 Å². The Kier molecular flexibility index (Phi) is 5.51. The van der Waals surface area contributed by atoms with E-state index in [2.05, 4.69) is 21.9 Å². The number of nitro benzene ring substituents is 1. The molecular weight excluding hydrogens is 248 g/mol. The number of carbonyl (C=O) groups excluding carboxylic acids is 1. The van der Waals surface area contributed by atoms with Crippen LogP contribution in [0.2, 0.25) is 0 Å². The van der Waals surface area contributed by atoms with Crippen molar-refractivity contribution in [2.45, 2.75) is 6.42 Å². The van der Waals surface area contributed by atoms with Crippen molar-refractivity contribution in [3.63, 3.8) is 0 Å². The van der Waals surface area contributed by atoms with E-state index in [9.17, 15) is 14.9 Å². The molecule has 0 aliphatic heterocycles. The molecule has 0 bridgehead atoms. The first-order valence-electron chi connectivity index (χ1n) is 5.60. The zero-order valence-corrected chi connectivity index (χ0v) is 10.7. The lowest BCUT2D eigenvalue weighted by Gasteiger charge is -2.00. The molecule has 0 aliphatic rings. The number of hydrogen-bond donors (Lipinski definition) is 1. The molecule has 0 saturated carbocycles. The van der Waals surface area contributed by atoms with Crippen molar-refractivity contribution in [2.75, 3.05) is 20.7 Å². The van der Waals surface area contributed by atoms with Crippen molar-refractivity contribution in [1.82, 2.24) is 5.32 Å². The standard InChI is InChI=1S/C13H14N2O4/c1-14-8-4-3-5-10-6-7-11(13(16)19-2)9-12(10)15(17)18/h6-7,9,14H,4,8H2,1-2H3. The van der Waals surface area contributed by atoms with E-state index < -0.39 is 10.9 Å². The molecule has 100 valence electrons. The highest BCUT2D eigenvalue weighted by Crippen LogP contribution is 2.20. The van der Waals surface area contributed by atoms with Crippen molar-refractivity contribution < 1.29 is 14.5 Å². The van der Waals surface area contributed by atoms with E-state index in [0.29, 0.717) is 13.0 Å². The molecule has 0 fully saturated rings. The highest BCUT2D eigenvalue weighted by atomic mass is 16.6. The number of nitrogens with zero attached hydrogens (tertiary/aromatic N) is 1. The fraction of sp³-hybridized carbons (Fsp3) is 0.308. The number of carbonyl (C=O) groups is 1. The van der Waals surface area contributed by atoms with Gasteiger partial charge >= 0.3 is 5.97 Å². The maximum atomic E-state index is 11.3. The topological polar surface area (TPSA) is 81.5 Å². The quantitative estimate of drug-likeness (QED) is 0.291. The summed E-state index contributed by atoms with van der Waals surface area (Å²) < 4.78 is 4.52. The van der Waals surface area contributed by atoms with Crippen LogP contribution in [0.15, 0.2) is 18.2 Å². The summed E-state index contributed by atoms with van der Waals surface area (Å²) in [6, 6.07) is 4.09. The first-order chi connectivity index (χ1) is 9.10. The minimum Gasteiger partial charge on any atom is -0.465 e. The zero-order chi connectivity index (χ0) is 14.3. The van der Waals surface area contributed by atoms with Crippen molar-refractivity contribution in [2.24, 2.45) is 0 Å². The first kappa shape index (κ1) is 14.7. The van der Waals surface area contributed by atoms with E-state index in [1.807, 2.05) is 0 Å². The van der Waals surface area contributed by atoms with E-state index >= 15 is 0 Å². The summed E-state index contributed by atoms with van der Waals surface area (Å²) in [4.78, 5) is 21.7. The molecule has 1 aromatic rings. The molecule has 1 aromatic carbocycles. The maximum absolute atomic E-state index is 11.3. The molecule has 19 heavy (non-hydrogen) atoms. The van der Waals surface area contributed by atoms with Crippen LogP contribution < -0.4 is 5.32 Å². The molecule has 0 aliphatic carbocycles. The molecule has 1 N–H and O–H groups in total. The summed E-state index contributed by atoms with van der Waals surface area (Å²) in [5.74, 6) is 4.94. The Morgan fingerprint density at radius 2 is 2.26 bits per heavy atom. The number of rotatable bonds is 4. The second-order valence-electron chi connectivity index (χ2n) is 3.64. The summed E-state index contributed by atoms with van der Waals surface area (Å²) in [6.45, 7) is 0.709. The number of ether oxygens (including phenoxy) is 1. The molecule has 0 atom stereocenters. The third kappa shape index (κ3) is 4.08. The molecular formula is C13H14N2O4. The Morgan fingerprint density at radius 1 is 1.53 bits per heavy atom. The summed E-state index contributed by atoms with van der Waals surface area (Å²) in [7, 11) is 3.02. The van der Waals surface area contributed by atoms with Gasteiger partial charge in [0.15, 0.2) is 0 Å². The van der Waals surface area contributed by atoms with Gasteiger partial charge in [0.25, 0.3) is 5.69 Å². The van der Waals surface area contributed by atoms with Gasteiger partial charge in [0.2, 0.25) is 0 Å². The second kappa shape index (κ2) is 7.13. The Labute approximate surface area is 110 Å². The van der Waals surface area contributed by atoms with Crippen LogP contribution in [-0.4, -0.2) is 31.6 Å². The summed E-state index contributed by atoms with van der Waals surface area (Å²) in [5.41, 5.74) is 0.226. The molecule has 0 saturated heterocycles. The Morgan fingerprint density at radius 3 is 2.84 bits per heavy atom. The lowest BCUT2D eigenvalue weighted by atomic mass is 10.1. The lowest BCUT2D eigenvalue weighted by molar-refractivity contribution is -0.385. The van der Waals surface area contributed by atoms with Crippen molar-refractivity contribution in [1.29, 1.82) is 0 Å². The predicted octanol–water partition coefficient (Wildman–Crippen LogP) is 1.34. The van der Waals surface area contributed by atoms with Crippen LogP contribution in [0.25, 0.3) is 0 Å². The third-order valence-corrected chi connectivity index (χ3v) is 2.34. The molecule has 0 aromatic heterocycles. The van der Waals surface area contributed by atoms with E-state index in [-0.39, 0.29) is 16.8 Å². The molecule has 6 heteroatoms. The van der Waals surface area contributed by atoms with Gasteiger partial charge in [0.1, 0.15) is 5.56 Å². The number of esters is 1. The van der Waals surface area contributed by atoms with Gasteiger partial charge in [0.05, 0.1) is 17.6 Å². The van der Waals surface area contributed by atoms with Crippen LogP contribution in [-0.2, 0) is 4.74 Å². The largest absolute Gasteiger partial charge is 0.465 e. The van der Waals surface area contributed by atoms with Gasteiger partial charge in [-0.25, -0.2) is 4.79 Å². The fourth-order valence-electron chi connectivity index (χ4n) is 1.38. The van der Waals surface area contributed by atoms with Gasteiger partial charge in [-0.2, -0.15) is 0 Å². The average Bonchev–Trinajstić information content (AvgIpc) is 2.42. The fourth-order valence-corrected chi connectivity index (χ4v) is 1.38. The predicted molar refractivity (Wildman–Crippen MR) is 69.9 cm³/mol. The molecule has 0 radical (unpaired) electrons. The summed E-state index contributed by atoms with van der Waals surface area (Å²) in [5, 5.41) is 13.9. The Hall–Kier alpha value is -2.39. The first-order valence-corrected chi connectivity index (χ1v) is 5.60. The van der Waals surface area contributed by atoms with Gasteiger partial charge in [-0.05, 0) is 19.2 Å². The zero-order valence-electron chi connectivity index (χ0n) is 10.7. The highest BCUT2D eigenvalue weighted by Gasteiger charge is 2.16. The summed E-state index contributed by atoms with van der Waals surface area (Å²) >= 11 is 0. The van der Waals surface area contributed by atoms with Crippen LogP contribution >= 0.6 is 0 Å². The normalized spacial score (nSPS) is 9.37. The Balaban J connectivity index is 3.07. The molecule has 6 nitrogen and oxygen atoms in total. The number of nitrogens with one attached hydrogen (secondary N) is 1. The Bertz CT molecular complexity index is 543. The minimum atomic E-state index is -0.613. The third-order valence-electron chi connectivity index (χ3n) is 2.34. The van der Waals surface area contributed by atoms with Crippen LogP contribution in [0.4, 0.5) is 5.69 Å². The monoisotopic (exact) mass is 262 g/mol. The molecule has 0 spiro atoms. The maximum Gasteiger partial charge on any atom is 0.338 e.